The molecule has 1 aliphatic heterocycles. The van der Waals surface area contributed by atoms with Gasteiger partial charge in [0.25, 0.3) is 0 Å². The first-order chi connectivity index (χ1) is 8.74. The van der Waals surface area contributed by atoms with Crippen LogP contribution in [0.3, 0.4) is 0 Å². The molecule has 1 fully saturated rings. The minimum atomic E-state index is -0.697. The van der Waals surface area contributed by atoms with Crippen LogP contribution >= 0.6 is 15.9 Å². The van der Waals surface area contributed by atoms with Crippen LogP contribution in [-0.2, 0) is 19.0 Å². The molecule has 0 amide bonds. The van der Waals surface area contributed by atoms with Gasteiger partial charge in [0, 0.05) is 4.47 Å². The fraction of sp³-hybridized carbons (Fsp3) is 0.462. The summed E-state index contributed by atoms with van der Waals surface area (Å²) in [4.78, 5) is 11.9. The van der Waals surface area contributed by atoms with Gasteiger partial charge in [0.15, 0.2) is 6.10 Å². The van der Waals surface area contributed by atoms with Crippen LogP contribution < -0.4 is 0 Å². The molecule has 1 aliphatic rings. The molecule has 0 radical (unpaired) electrons. The highest BCUT2D eigenvalue weighted by Crippen LogP contribution is 2.32. The van der Waals surface area contributed by atoms with Gasteiger partial charge in [-0.25, -0.2) is 4.79 Å². The topological polar surface area (TPSA) is 44.8 Å². The number of esters is 1. The molecule has 1 aromatic carbocycles. The number of carbonyl (C=O) groups excluding carboxylic acids is 1. The van der Waals surface area contributed by atoms with E-state index in [0.29, 0.717) is 19.8 Å². The maximum absolute atomic E-state index is 11.9. The minimum absolute atomic E-state index is 0.335. The van der Waals surface area contributed by atoms with Crippen molar-refractivity contribution in [3.05, 3.63) is 34.3 Å². The predicted molar refractivity (Wildman–Crippen MR) is 69.2 cm³/mol. The van der Waals surface area contributed by atoms with Crippen LogP contribution in [0.5, 0.6) is 0 Å². The largest absolute Gasteiger partial charge is 0.464 e. The van der Waals surface area contributed by atoms with E-state index in [-0.39, 0.29) is 5.97 Å². The summed E-state index contributed by atoms with van der Waals surface area (Å²) in [7, 11) is 0. The van der Waals surface area contributed by atoms with Crippen LogP contribution in [0, 0.1) is 0 Å². The molecular weight excluding hydrogens is 300 g/mol. The van der Waals surface area contributed by atoms with E-state index in [1.165, 1.54) is 0 Å². The summed E-state index contributed by atoms with van der Waals surface area (Å²) in [5.41, 5.74) is 0.898. The van der Waals surface area contributed by atoms with Gasteiger partial charge in [-0.2, -0.15) is 0 Å². The Morgan fingerprint density at radius 2 is 2.11 bits per heavy atom. The standard InChI is InChI=1S/C13H15BrO4/c1-2-16-13(15)12-11(17-7-8-18-12)9-5-3-4-6-10(9)14/h3-6,11-12H,2,7-8H2,1H3. The van der Waals surface area contributed by atoms with Gasteiger partial charge in [0.1, 0.15) is 6.10 Å². The van der Waals surface area contributed by atoms with Crippen molar-refractivity contribution in [1.82, 2.24) is 0 Å². The number of carbonyl (C=O) groups is 1. The quantitative estimate of drug-likeness (QED) is 0.804. The van der Waals surface area contributed by atoms with Gasteiger partial charge in [-0.1, -0.05) is 34.1 Å². The summed E-state index contributed by atoms with van der Waals surface area (Å²) in [6, 6.07) is 7.64. The minimum Gasteiger partial charge on any atom is -0.464 e. The Balaban J connectivity index is 2.23. The van der Waals surface area contributed by atoms with Crippen molar-refractivity contribution in [1.29, 1.82) is 0 Å². The maximum Gasteiger partial charge on any atom is 0.338 e. The Morgan fingerprint density at radius 1 is 1.39 bits per heavy atom. The molecule has 4 nitrogen and oxygen atoms in total. The molecule has 1 aromatic rings. The summed E-state index contributed by atoms with van der Waals surface area (Å²) in [5, 5.41) is 0. The van der Waals surface area contributed by atoms with E-state index in [1.807, 2.05) is 24.3 Å². The molecule has 0 saturated carbocycles. The van der Waals surface area contributed by atoms with Crippen molar-refractivity contribution in [2.75, 3.05) is 19.8 Å². The lowest BCUT2D eigenvalue weighted by Gasteiger charge is -2.31. The van der Waals surface area contributed by atoms with Gasteiger partial charge in [-0.15, -0.1) is 0 Å². The molecule has 1 heterocycles. The highest BCUT2D eigenvalue weighted by molar-refractivity contribution is 9.10. The molecule has 98 valence electrons. The van der Waals surface area contributed by atoms with Crippen LogP contribution in [-0.4, -0.2) is 31.9 Å². The summed E-state index contributed by atoms with van der Waals surface area (Å²) in [6.07, 6.45) is -1.12. The average Bonchev–Trinajstić information content (AvgIpc) is 2.40. The lowest BCUT2D eigenvalue weighted by Crippen LogP contribution is -2.39. The molecule has 0 aromatic heterocycles. The lowest BCUT2D eigenvalue weighted by molar-refractivity contribution is -0.186. The molecule has 1 saturated heterocycles. The molecule has 2 unspecified atom stereocenters. The van der Waals surface area contributed by atoms with Crippen molar-refractivity contribution in [2.45, 2.75) is 19.1 Å². The highest BCUT2D eigenvalue weighted by atomic mass is 79.9. The first-order valence-corrected chi connectivity index (χ1v) is 6.67. The van der Waals surface area contributed by atoms with Crippen LogP contribution in [0.4, 0.5) is 0 Å². The Labute approximate surface area is 114 Å². The fourth-order valence-electron chi connectivity index (χ4n) is 1.90. The summed E-state index contributed by atoms with van der Waals surface area (Å²) < 4.78 is 17.1. The molecule has 18 heavy (non-hydrogen) atoms. The Hall–Kier alpha value is -0.910. The van der Waals surface area contributed by atoms with Crippen molar-refractivity contribution in [3.63, 3.8) is 0 Å². The molecule has 2 rings (SSSR count). The number of rotatable bonds is 3. The molecule has 0 aliphatic carbocycles. The van der Waals surface area contributed by atoms with Gasteiger partial charge < -0.3 is 14.2 Å². The zero-order valence-corrected chi connectivity index (χ0v) is 11.7. The molecule has 5 heteroatoms. The van der Waals surface area contributed by atoms with Crippen LogP contribution in [0.25, 0.3) is 0 Å². The van der Waals surface area contributed by atoms with Crippen LogP contribution in [0.1, 0.15) is 18.6 Å². The number of hydrogen-bond acceptors (Lipinski definition) is 4. The SMILES string of the molecule is CCOC(=O)C1OCCOC1c1ccccc1Br. The zero-order valence-electron chi connectivity index (χ0n) is 10.1. The first kappa shape index (κ1) is 13.5. The summed E-state index contributed by atoms with van der Waals surface area (Å²) in [6.45, 7) is 2.99. The summed E-state index contributed by atoms with van der Waals surface area (Å²) in [5.74, 6) is -0.377. The number of hydrogen-bond donors (Lipinski definition) is 0. The van der Waals surface area contributed by atoms with E-state index in [9.17, 15) is 4.79 Å². The first-order valence-electron chi connectivity index (χ1n) is 5.88. The van der Waals surface area contributed by atoms with E-state index in [0.717, 1.165) is 10.0 Å². The van der Waals surface area contributed by atoms with E-state index in [2.05, 4.69) is 15.9 Å². The second kappa shape index (κ2) is 6.31. The lowest BCUT2D eigenvalue weighted by atomic mass is 10.0. The molecule has 0 N–H and O–H groups in total. The second-order valence-corrected chi connectivity index (χ2v) is 4.71. The Morgan fingerprint density at radius 3 is 2.83 bits per heavy atom. The third-order valence-electron chi connectivity index (χ3n) is 2.68. The molecule has 0 bridgehead atoms. The smallest absolute Gasteiger partial charge is 0.338 e. The molecular formula is C13H15BrO4. The van der Waals surface area contributed by atoms with E-state index < -0.39 is 12.2 Å². The van der Waals surface area contributed by atoms with Crippen molar-refractivity contribution in [3.8, 4) is 0 Å². The third kappa shape index (κ3) is 2.91. The van der Waals surface area contributed by atoms with E-state index >= 15 is 0 Å². The van der Waals surface area contributed by atoms with Crippen molar-refractivity contribution >= 4 is 21.9 Å². The maximum atomic E-state index is 11.9. The summed E-state index contributed by atoms with van der Waals surface area (Å²) >= 11 is 3.46. The predicted octanol–water partition coefficient (Wildman–Crippen LogP) is 2.47. The van der Waals surface area contributed by atoms with Gasteiger partial charge in [-0.3, -0.25) is 0 Å². The van der Waals surface area contributed by atoms with Crippen LogP contribution in [0.2, 0.25) is 0 Å². The fourth-order valence-corrected chi connectivity index (χ4v) is 2.41. The number of ether oxygens (including phenoxy) is 3. The monoisotopic (exact) mass is 314 g/mol. The molecule has 0 spiro atoms. The van der Waals surface area contributed by atoms with Gasteiger partial charge >= 0.3 is 5.97 Å². The van der Waals surface area contributed by atoms with E-state index in [4.69, 9.17) is 14.2 Å². The van der Waals surface area contributed by atoms with Crippen molar-refractivity contribution < 1.29 is 19.0 Å². The normalized spacial score (nSPS) is 23.7. The number of benzene rings is 1. The van der Waals surface area contributed by atoms with Crippen molar-refractivity contribution in [2.24, 2.45) is 0 Å². The van der Waals surface area contributed by atoms with E-state index in [1.54, 1.807) is 6.92 Å². The second-order valence-electron chi connectivity index (χ2n) is 3.86. The zero-order chi connectivity index (χ0) is 13.0. The third-order valence-corrected chi connectivity index (χ3v) is 3.41. The Kier molecular flexibility index (Phi) is 4.74. The molecule has 2 atom stereocenters. The highest BCUT2D eigenvalue weighted by Gasteiger charge is 2.36. The average molecular weight is 315 g/mol. The van der Waals surface area contributed by atoms with Gasteiger partial charge in [0.05, 0.1) is 19.8 Å². The van der Waals surface area contributed by atoms with Gasteiger partial charge in [0.2, 0.25) is 0 Å². The van der Waals surface area contributed by atoms with Gasteiger partial charge in [-0.05, 0) is 18.6 Å². The van der Waals surface area contributed by atoms with Crippen LogP contribution in [0.15, 0.2) is 28.7 Å². The Bertz CT molecular complexity index is 421. The number of halogens is 1.